The molecule has 0 aliphatic rings. The molecule has 0 amide bonds. The molecule has 0 radical (unpaired) electrons. The molecular weight excluding hydrogens is 212 g/mol. The Morgan fingerprint density at radius 2 is 2.00 bits per heavy atom. The predicted octanol–water partition coefficient (Wildman–Crippen LogP) is 3.06. The summed E-state index contributed by atoms with van der Waals surface area (Å²) in [5.41, 5.74) is 0.693. The highest BCUT2D eigenvalue weighted by molar-refractivity contribution is 6.18. The van der Waals surface area contributed by atoms with E-state index in [0.29, 0.717) is 18.1 Å². The molecule has 0 fully saturated rings. The molecule has 15 heavy (non-hydrogen) atoms. The maximum Gasteiger partial charge on any atom is 0.159 e. The fourth-order valence-electron chi connectivity index (χ4n) is 1.06. The minimum absolute atomic E-state index is 0.0589. The van der Waals surface area contributed by atoms with E-state index in [4.69, 9.17) is 16.3 Å². The highest BCUT2D eigenvalue weighted by atomic mass is 35.5. The number of rotatable bonds is 5. The van der Waals surface area contributed by atoms with Crippen LogP contribution in [0.4, 0.5) is 0 Å². The molecule has 0 atom stereocenters. The van der Waals surface area contributed by atoms with Crippen molar-refractivity contribution < 1.29 is 9.53 Å². The Morgan fingerprint density at radius 3 is 2.53 bits per heavy atom. The maximum atomic E-state index is 11.0. The van der Waals surface area contributed by atoms with Crippen molar-refractivity contribution in [2.24, 2.45) is 0 Å². The lowest BCUT2D eigenvalue weighted by Crippen LogP contribution is -1.95. The van der Waals surface area contributed by atoms with E-state index in [1.807, 2.05) is 12.2 Å². The van der Waals surface area contributed by atoms with Gasteiger partial charge in [-0.2, -0.15) is 0 Å². The standard InChI is InChI=1S/C12H13ClO2/c1-10(14)11-4-6-12(7-5-11)15-9-3-2-8-13/h2-7H,8-9H2,1H3/b3-2-. The summed E-state index contributed by atoms with van der Waals surface area (Å²) in [5, 5.41) is 0. The number of allylic oxidation sites excluding steroid dienone is 1. The van der Waals surface area contributed by atoms with Crippen molar-refractivity contribution in [2.45, 2.75) is 6.92 Å². The number of hydrogen-bond acceptors (Lipinski definition) is 2. The van der Waals surface area contributed by atoms with Gasteiger partial charge in [0.2, 0.25) is 0 Å². The van der Waals surface area contributed by atoms with E-state index < -0.39 is 0 Å². The average Bonchev–Trinajstić information content (AvgIpc) is 2.25. The summed E-state index contributed by atoms with van der Waals surface area (Å²) in [7, 11) is 0. The molecule has 0 aliphatic carbocycles. The van der Waals surface area contributed by atoms with Crippen LogP contribution in [-0.4, -0.2) is 18.3 Å². The van der Waals surface area contributed by atoms with E-state index in [-0.39, 0.29) is 5.78 Å². The molecule has 0 bridgehead atoms. The Bertz CT molecular complexity index is 341. The molecular formula is C12H13ClO2. The van der Waals surface area contributed by atoms with Crippen LogP contribution in [-0.2, 0) is 0 Å². The topological polar surface area (TPSA) is 26.3 Å². The summed E-state index contributed by atoms with van der Waals surface area (Å²) in [6.07, 6.45) is 3.68. The third-order valence-corrected chi connectivity index (χ3v) is 2.04. The van der Waals surface area contributed by atoms with Crippen molar-refractivity contribution in [3.8, 4) is 5.75 Å². The van der Waals surface area contributed by atoms with Crippen molar-refractivity contribution >= 4 is 17.4 Å². The second kappa shape index (κ2) is 6.25. The van der Waals surface area contributed by atoms with Gasteiger partial charge in [-0.05, 0) is 31.2 Å². The first-order chi connectivity index (χ1) is 7.24. The third-order valence-electron chi connectivity index (χ3n) is 1.86. The molecule has 0 spiro atoms. The first-order valence-corrected chi connectivity index (χ1v) is 5.22. The van der Waals surface area contributed by atoms with Gasteiger partial charge in [-0.15, -0.1) is 11.6 Å². The van der Waals surface area contributed by atoms with Gasteiger partial charge in [0.15, 0.2) is 5.78 Å². The maximum absolute atomic E-state index is 11.0. The van der Waals surface area contributed by atoms with Crippen LogP contribution in [0.5, 0.6) is 5.75 Å². The highest BCUT2D eigenvalue weighted by Crippen LogP contribution is 2.12. The van der Waals surface area contributed by atoms with Gasteiger partial charge in [0.25, 0.3) is 0 Å². The number of hydrogen-bond donors (Lipinski definition) is 0. The van der Waals surface area contributed by atoms with Gasteiger partial charge in [-0.3, -0.25) is 4.79 Å². The number of carbonyl (C=O) groups is 1. The molecule has 1 aromatic rings. The Kier molecular flexibility index (Phi) is 4.91. The number of Topliss-reactive ketones (excluding diaryl/α,β-unsaturated/α-hetero) is 1. The number of ether oxygens (including phenoxy) is 1. The number of halogens is 1. The van der Waals surface area contributed by atoms with Crippen LogP contribution in [0.25, 0.3) is 0 Å². The second-order valence-electron chi connectivity index (χ2n) is 3.02. The van der Waals surface area contributed by atoms with Crippen LogP contribution in [0, 0.1) is 0 Å². The van der Waals surface area contributed by atoms with Gasteiger partial charge in [-0.1, -0.05) is 12.2 Å². The van der Waals surface area contributed by atoms with Crippen molar-refractivity contribution in [1.29, 1.82) is 0 Å². The summed E-state index contributed by atoms with van der Waals surface area (Å²) in [6.45, 7) is 2.03. The zero-order chi connectivity index (χ0) is 11.1. The summed E-state index contributed by atoms with van der Waals surface area (Å²) in [6, 6.07) is 7.07. The molecule has 0 saturated carbocycles. The van der Waals surface area contributed by atoms with Gasteiger partial charge in [-0.25, -0.2) is 0 Å². The Hall–Kier alpha value is -1.28. The van der Waals surface area contributed by atoms with Crippen LogP contribution in [0.15, 0.2) is 36.4 Å². The molecule has 0 heterocycles. The van der Waals surface area contributed by atoms with Crippen LogP contribution in [0.2, 0.25) is 0 Å². The lowest BCUT2D eigenvalue weighted by molar-refractivity contribution is 0.101. The summed E-state index contributed by atoms with van der Waals surface area (Å²) < 4.78 is 5.39. The lowest BCUT2D eigenvalue weighted by atomic mass is 10.1. The van der Waals surface area contributed by atoms with Crippen LogP contribution >= 0.6 is 11.6 Å². The van der Waals surface area contributed by atoms with Crippen molar-refractivity contribution in [3.63, 3.8) is 0 Å². The van der Waals surface area contributed by atoms with Crippen LogP contribution < -0.4 is 4.74 Å². The quantitative estimate of drug-likeness (QED) is 0.437. The van der Waals surface area contributed by atoms with E-state index in [0.717, 1.165) is 5.75 Å². The van der Waals surface area contributed by atoms with Gasteiger partial charge >= 0.3 is 0 Å². The predicted molar refractivity (Wildman–Crippen MR) is 61.8 cm³/mol. The molecule has 0 saturated heterocycles. The monoisotopic (exact) mass is 224 g/mol. The van der Waals surface area contributed by atoms with E-state index in [2.05, 4.69) is 0 Å². The van der Waals surface area contributed by atoms with E-state index in [1.54, 1.807) is 31.2 Å². The lowest BCUT2D eigenvalue weighted by Gasteiger charge is -2.03. The van der Waals surface area contributed by atoms with Gasteiger partial charge < -0.3 is 4.74 Å². The Balaban J connectivity index is 2.50. The second-order valence-corrected chi connectivity index (χ2v) is 3.33. The van der Waals surface area contributed by atoms with E-state index in [9.17, 15) is 4.79 Å². The number of alkyl halides is 1. The molecule has 1 rings (SSSR count). The molecule has 80 valence electrons. The van der Waals surface area contributed by atoms with Gasteiger partial charge in [0.1, 0.15) is 12.4 Å². The van der Waals surface area contributed by atoms with Gasteiger partial charge in [0, 0.05) is 11.4 Å². The fourth-order valence-corrected chi connectivity index (χ4v) is 1.19. The minimum atomic E-state index is 0.0589. The van der Waals surface area contributed by atoms with Crippen molar-refractivity contribution in [1.82, 2.24) is 0 Å². The van der Waals surface area contributed by atoms with Gasteiger partial charge in [0.05, 0.1) is 0 Å². The summed E-state index contributed by atoms with van der Waals surface area (Å²) in [4.78, 5) is 11.0. The molecule has 1 aromatic carbocycles. The average molecular weight is 225 g/mol. The van der Waals surface area contributed by atoms with Crippen molar-refractivity contribution in [2.75, 3.05) is 12.5 Å². The number of ketones is 1. The summed E-state index contributed by atoms with van der Waals surface area (Å²) >= 11 is 5.46. The molecule has 0 aromatic heterocycles. The first kappa shape index (κ1) is 11.8. The van der Waals surface area contributed by atoms with Crippen molar-refractivity contribution in [3.05, 3.63) is 42.0 Å². The zero-order valence-electron chi connectivity index (χ0n) is 8.57. The molecule has 0 aliphatic heterocycles. The van der Waals surface area contributed by atoms with Crippen LogP contribution in [0.3, 0.4) is 0 Å². The molecule has 2 nitrogen and oxygen atoms in total. The normalized spacial score (nSPS) is 10.5. The summed E-state index contributed by atoms with van der Waals surface area (Å²) in [5.74, 6) is 1.30. The molecule has 3 heteroatoms. The van der Waals surface area contributed by atoms with E-state index >= 15 is 0 Å². The minimum Gasteiger partial charge on any atom is -0.490 e. The van der Waals surface area contributed by atoms with Crippen LogP contribution in [0.1, 0.15) is 17.3 Å². The third kappa shape index (κ3) is 4.17. The number of benzene rings is 1. The zero-order valence-corrected chi connectivity index (χ0v) is 9.33. The highest BCUT2D eigenvalue weighted by Gasteiger charge is 1.98. The van der Waals surface area contributed by atoms with E-state index in [1.165, 1.54) is 0 Å². The first-order valence-electron chi connectivity index (χ1n) is 4.69. The number of carbonyl (C=O) groups excluding carboxylic acids is 1. The fraction of sp³-hybridized carbons (Fsp3) is 0.250. The largest absolute Gasteiger partial charge is 0.490 e. The Labute approximate surface area is 94.5 Å². The molecule has 0 unspecified atom stereocenters. The SMILES string of the molecule is CC(=O)c1ccc(OC/C=C\CCl)cc1. The smallest absolute Gasteiger partial charge is 0.159 e. The molecule has 0 N–H and O–H groups in total. The Morgan fingerprint density at radius 1 is 1.33 bits per heavy atom.